The first kappa shape index (κ1) is 13.2. The molecule has 2 rings (SSSR count). The fourth-order valence-corrected chi connectivity index (χ4v) is 3.12. The minimum atomic E-state index is -4.06. The number of aromatic carboxylic acids is 1. The van der Waals surface area contributed by atoms with Crippen molar-refractivity contribution >= 4 is 15.8 Å². The summed E-state index contributed by atoms with van der Waals surface area (Å²) in [7, 11) is -4.06. The van der Waals surface area contributed by atoms with Gasteiger partial charge in [0.1, 0.15) is 5.82 Å². The highest BCUT2D eigenvalue weighted by atomic mass is 32.2. The summed E-state index contributed by atoms with van der Waals surface area (Å²) in [6.07, 6.45) is 0. The van der Waals surface area contributed by atoms with Gasteiger partial charge in [0.25, 0.3) is 0 Å². The third-order valence-corrected chi connectivity index (χ3v) is 4.32. The van der Waals surface area contributed by atoms with E-state index < -0.39 is 21.6 Å². The normalized spacial score (nSPS) is 11.2. The number of sulfone groups is 1. The first-order valence-corrected chi connectivity index (χ1v) is 6.74. The molecule has 0 fully saturated rings. The van der Waals surface area contributed by atoms with Gasteiger partial charge in [-0.2, -0.15) is 0 Å². The molecule has 0 spiro atoms. The van der Waals surface area contributed by atoms with E-state index in [4.69, 9.17) is 5.11 Å². The van der Waals surface area contributed by atoms with Crippen molar-refractivity contribution in [1.29, 1.82) is 0 Å². The summed E-state index contributed by atoms with van der Waals surface area (Å²) in [5.74, 6) is -2.05. The zero-order valence-corrected chi connectivity index (χ0v) is 10.4. The van der Waals surface area contributed by atoms with Gasteiger partial charge in [0.05, 0.1) is 15.4 Å². The van der Waals surface area contributed by atoms with E-state index >= 15 is 0 Å². The monoisotopic (exact) mass is 280 g/mol. The molecule has 0 aromatic heterocycles. The summed E-state index contributed by atoms with van der Waals surface area (Å²) in [4.78, 5) is 10.4. The molecule has 0 aliphatic rings. The van der Waals surface area contributed by atoms with Crippen molar-refractivity contribution in [3.63, 3.8) is 0 Å². The fourth-order valence-electron chi connectivity index (χ4n) is 1.64. The second-order valence-corrected chi connectivity index (χ2v) is 5.68. The number of hydrogen-bond donors (Lipinski definition) is 1. The first-order chi connectivity index (χ1) is 8.93. The molecule has 0 bridgehead atoms. The summed E-state index contributed by atoms with van der Waals surface area (Å²) >= 11 is 0. The van der Waals surface area contributed by atoms with E-state index in [2.05, 4.69) is 0 Å². The van der Waals surface area contributed by atoms with Crippen LogP contribution in [0.25, 0.3) is 0 Å². The summed E-state index contributed by atoms with van der Waals surface area (Å²) < 4.78 is 37.7. The van der Waals surface area contributed by atoms with Gasteiger partial charge in [0.2, 0.25) is 9.84 Å². The highest BCUT2D eigenvalue weighted by Gasteiger charge is 2.24. The largest absolute Gasteiger partial charge is 0.478 e. The summed E-state index contributed by atoms with van der Waals surface area (Å²) in [6.45, 7) is 0. The Kier molecular flexibility index (Phi) is 3.35. The van der Waals surface area contributed by atoms with Crippen LogP contribution in [-0.4, -0.2) is 19.5 Å². The molecule has 1 N–H and O–H groups in total. The van der Waals surface area contributed by atoms with Crippen molar-refractivity contribution in [2.24, 2.45) is 0 Å². The Labute approximate surface area is 109 Å². The van der Waals surface area contributed by atoms with Crippen LogP contribution in [0.3, 0.4) is 0 Å². The quantitative estimate of drug-likeness (QED) is 0.936. The van der Waals surface area contributed by atoms with Gasteiger partial charge in [-0.1, -0.05) is 18.2 Å². The standard InChI is InChI=1S/C13H9FO4S/c14-9-4-3-5-10(8-9)19(17,18)12-7-2-1-6-11(12)13(15)16/h1-8H,(H,15,16). The van der Waals surface area contributed by atoms with E-state index in [1.165, 1.54) is 36.4 Å². The van der Waals surface area contributed by atoms with Crippen LogP contribution >= 0.6 is 0 Å². The molecule has 0 unspecified atom stereocenters. The van der Waals surface area contributed by atoms with E-state index in [1.807, 2.05) is 0 Å². The van der Waals surface area contributed by atoms with Crippen molar-refractivity contribution in [3.8, 4) is 0 Å². The van der Waals surface area contributed by atoms with Gasteiger partial charge in [-0.25, -0.2) is 17.6 Å². The number of carbonyl (C=O) groups is 1. The molecule has 0 amide bonds. The number of carboxylic acid groups (broad SMARTS) is 1. The van der Waals surface area contributed by atoms with Gasteiger partial charge >= 0.3 is 5.97 Å². The van der Waals surface area contributed by atoms with Crippen molar-refractivity contribution < 1.29 is 22.7 Å². The fraction of sp³-hybridized carbons (Fsp3) is 0. The molecular weight excluding hydrogens is 271 g/mol. The van der Waals surface area contributed by atoms with Crippen molar-refractivity contribution in [3.05, 3.63) is 59.9 Å². The summed E-state index contributed by atoms with van der Waals surface area (Å²) in [5, 5.41) is 8.99. The minimum absolute atomic E-state index is 0.277. The highest BCUT2D eigenvalue weighted by Crippen LogP contribution is 2.24. The number of carboxylic acids is 1. The molecule has 98 valence electrons. The van der Waals surface area contributed by atoms with Crippen LogP contribution < -0.4 is 0 Å². The van der Waals surface area contributed by atoms with E-state index in [0.717, 1.165) is 12.1 Å². The Morgan fingerprint density at radius 2 is 1.74 bits per heavy atom. The van der Waals surface area contributed by atoms with Crippen LogP contribution in [0.5, 0.6) is 0 Å². The zero-order valence-electron chi connectivity index (χ0n) is 9.58. The molecule has 0 aliphatic carbocycles. The van der Waals surface area contributed by atoms with E-state index in [1.54, 1.807) is 0 Å². The Balaban J connectivity index is 2.67. The molecule has 0 heterocycles. The number of hydrogen-bond acceptors (Lipinski definition) is 3. The molecule has 0 saturated carbocycles. The van der Waals surface area contributed by atoms with E-state index in [0.29, 0.717) is 0 Å². The van der Waals surface area contributed by atoms with Gasteiger partial charge in [-0.3, -0.25) is 0 Å². The molecule has 2 aromatic carbocycles. The third-order valence-electron chi connectivity index (χ3n) is 2.51. The molecule has 0 atom stereocenters. The van der Waals surface area contributed by atoms with Crippen molar-refractivity contribution in [2.75, 3.05) is 0 Å². The van der Waals surface area contributed by atoms with Crippen LogP contribution in [0, 0.1) is 5.82 Å². The van der Waals surface area contributed by atoms with Crippen LogP contribution in [-0.2, 0) is 9.84 Å². The number of rotatable bonds is 3. The van der Waals surface area contributed by atoms with Gasteiger partial charge in [-0.15, -0.1) is 0 Å². The Bertz CT molecular complexity index is 738. The smallest absolute Gasteiger partial charge is 0.337 e. The van der Waals surface area contributed by atoms with E-state index in [9.17, 15) is 17.6 Å². The van der Waals surface area contributed by atoms with E-state index in [-0.39, 0.29) is 15.4 Å². The molecule has 0 aliphatic heterocycles. The average Bonchev–Trinajstić information content (AvgIpc) is 2.38. The number of benzene rings is 2. The molecule has 4 nitrogen and oxygen atoms in total. The SMILES string of the molecule is O=C(O)c1ccccc1S(=O)(=O)c1cccc(F)c1. The summed E-state index contributed by atoms with van der Waals surface area (Å²) in [5.41, 5.74) is -0.341. The minimum Gasteiger partial charge on any atom is -0.478 e. The van der Waals surface area contributed by atoms with Crippen LogP contribution in [0.15, 0.2) is 58.3 Å². The lowest BCUT2D eigenvalue weighted by Crippen LogP contribution is -2.09. The topological polar surface area (TPSA) is 71.4 Å². The van der Waals surface area contributed by atoms with Gasteiger partial charge in [0.15, 0.2) is 0 Å². The zero-order chi connectivity index (χ0) is 14.0. The lowest BCUT2D eigenvalue weighted by molar-refractivity contribution is 0.0692. The predicted molar refractivity (Wildman–Crippen MR) is 65.3 cm³/mol. The van der Waals surface area contributed by atoms with Crippen LogP contribution in [0.1, 0.15) is 10.4 Å². The molecule has 2 aromatic rings. The van der Waals surface area contributed by atoms with Crippen LogP contribution in [0.2, 0.25) is 0 Å². The lowest BCUT2D eigenvalue weighted by Gasteiger charge is -2.07. The van der Waals surface area contributed by atoms with Gasteiger partial charge < -0.3 is 5.11 Å². The second-order valence-electron chi connectivity index (χ2n) is 3.76. The summed E-state index contributed by atoms with van der Waals surface area (Å²) in [6, 6.07) is 9.66. The Hall–Kier alpha value is -2.21. The van der Waals surface area contributed by atoms with Crippen molar-refractivity contribution in [2.45, 2.75) is 9.79 Å². The molecular formula is C13H9FO4S. The maximum Gasteiger partial charge on any atom is 0.337 e. The van der Waals surface area contributed by atoms with Gasteiger partial charge in [-0.05, 0) is 30.3 Å². The Morgan fingerprint density at radius 1 is 1.05 bits per heavy atom. The van der Waals surface area contributed by atoms with Crippen LogP contribution in [0.4, 0.5) is 4.39 Å². The van der Waals surface area contributed by atoms with Gasteiger partial charge in [0, 0.05) is 0 Å². The highest BCUT2D eigenvalue weighted by molar-refractivity contribution is 7.91. The van der Waals surface area contributed by atoms with Crippen molar-refractivity contribution in [1.82, 2.24) is 0 Å². The maximum absolute atomic E-state index is 13.1. The Morgan fingerprint density at radius 3 is 2.37 bits per heavy atom. The first-order valence-electron chi connectivity index (χ1n) is 5.26. The molecule has 6 heteroatoms. The number of halogens is 1. The molecule has 0 saturated heterocycles. The predicted octanol–water partition coefficient (Wildman–Crippen LogP) is 2.36. The second kappa shape index (κ2) is 4.81. The third kappa shape index (κ3) is 2.48. The molecule has 0 radical (unpaired) electrons. The average molecular weight is 280 g/mol. The lowest BCUT2D eigenvalue weighted by atomic mass is 10.2. The molecule has 19 heavy (non-hydrogen) atoms. The maximum atomic E-state index is 13.1.